The van der Waals surface area contributed by atoms with E-state index >= 15 is 0 Å². The zero-order valence-corrected chi connectivity index (χ0v) is 11.2. The van der Waals surface area contributed by atoms with Crippen LogP contribution in [-0.4, -0.2) is 22.9 Å². The van der Waals surface area contributed by atoms with Crippen molar-refractivity contribution in [2.24, 2.45) is 0 Å². The minimum atomic E-state index is -0.293. The molecular formula is C12H18BrNO2. The summed E-state index contributed by atoms with van der Waals surface area (Å²) >= 11 is 3.30. The number of hydrogen-bond donors (Lipinski definition) is 3. The highest BCUT2D eigenvalue weighted by Crippen LogP contribution is 2.27. The molecule has 16 heavy (non-hydrogen) atoms. The first kappa shape index (κ1) is 13.5. The molecule has 1 rings (SSSR count). The standard InChI is InChI=1S/C12H18BrNO2/c1-8(15)5-6-14-9(2)11-4-3-10(13)7-12(11)16/h3-4,7-9,14-16H,5-6H2,1-2H3. The van der Waals surface area contributed by atoms with Gasteiger partial charge in [0.05, 0.1) is 6.10 Å². The summed E-state index contributed by atoms with van der Waals surface area (Å²) in [6, 6.07) is 5.55. The number of phenols is 1. The number of rotatable bonds is 5. The number of aliphatic hydroxyl groups excluding tert-OH is 1. The van der Waals surface area contributed by atoms with E-state index in [0.29, 0.717) is 6.42 Å². The van der Waals surface area contributed by atoms with Crippen molar-refractivity contribution >= 4 is 15.9 Å². The van der Waals surface area contributed by atoms with Gasteiger partial charge in [-0.3, -0.25) is 0 Å². The van der Waals surface area contributed by atoms with Crippen molar-refractivity contribution in [1.29, 1.82) is 0 Å². The molecule has 0 heterocycles. The van der Waals surface area contributed by atoms with E-state index in [1.54, 1.807) is 13.0 Å². The molecule has 0 aliphatic rings. The fourth-order valence-corrected chi connectivity index (χ4v) is 1.85. The molecule has 1 aromatic rings. The second kappa shape index (κ2) is 6.23. The van der Waals surface area contributed by atoms with E-state index in [1.165, 1.54) is 0 Å². The highest BCUT2D eigenvalue weighted by molar-refractivity contribution is 9.10. The lowest BCUT2D eigenvalue weighted by Crippen LogP contribution is -2.22. The Kier molecular flexibility index (Phi) is 5.25. The van der Waals surface area contributed by atoms with E-state index in [-0.39, 0.29) is 17.9 Å². The molecule has 90 valence electrons. The zero-order valence-electron chi connectivity index (χ0n) is 9.57. The monoisotopic (exact) mass is 287 g/mol. The lowest BCUT2D eigenvalue weighted by molar-refractivity contribution is 0.182. The minimum Gasteiger partial charge on any atom is -0.508 e. The minimum absolute atomic E-state index is 0.0758. The van der Waals surface area contributed by atoms with E-state index in [4.69, 9.17) is 5.11 Å². The Morgan fingerprint density at radius 1 is 1.38 bits per heavy atom. The predicted octanol–water partition coefficient (Wildman–Crippen LogP) is 2.58. The molecule has 0 aliphatic heterocycles. The molecule has 0 radical (unpaired) electrons. The summed E-state index contributed by atoms with van der Waals surface area (Å²) in [5.41, 5.74) is 0.869. The summed E-state index contributed by atoms with van der Waals surface area (Å²) in [4.78, 5) is 0. The van der Waals surface area contributed by atoms with E-state index in [1.807, 2.05) is 19.1 Å². The maximum atomic E-state index is 9.75. The number of aliphatic hydroxyl groups is 1. The van der Waals surface area contributed by atoms with Gasteiger partial charge in [0.2, 0.25) is 0 Å². The van der Waals surface area contributed by atoms with Crippen molar-refractivity contribution in [3.8, 4) is 5.75 Å². The number of benzene rings is 1. The van der Waals surface area contributed by atoms with Crippen molar-refractivity contribution in [3.63, 3.8) is 0 Å². The molecule has 2 atom stereocenters. The molecule has 0 fully saturated rings. The summed E-state index contributed by atoms with van der Waals surface area (Å²) < 4.78 is 0.866. The third kappa shape index (κ3) is 4.12. The highest BCUT2D eigenvalue weighted by atomic mass is 79.9. The second-order valence-corrected chi connectivity index (χ2v) is 4.93. The quantitative estimate of drug-likeness (QED) is 0.780. The molecule has 4 heteroatoms. The Morgan fingerprint density at radius 3 is 2.62 bits per heavy atom. The smallest absolute Gasteiger partial charge is 0.121 e. The Hall–Kier alpha value is -0.580. The average molecular weight is 288 g/mol. The fraction of sp³-hybridized carbons (Fsp3) is 0.500. The van der Waals surface area contributed by atoms with Crippen LogP contribution in [0.3, 0.4) is 0 Å². The van der Waals surface area contributed by atoms with Crippen LogP contribution in [0.5, 0.6) is 5.75 Å². The van der Waals surface area contributed by atoms with Crippen LogP contribution in [0.25, 0.3) is 0 Å². The van der Waals surface area contributed by atoms with Crippen molar-refractivity contribution in [2.75, 3.05) is 6.54 Å². The van der Waals surface area contributed by atoms with E-state index < -0.39 is 0 Å². The van der Waals surface area contributed by atoms with Crippen molar-refractivity contribution in [1.82, 2.24) is 5.32 Å². The van der Waals surface area contributed by atoms with Crippen LogP contribution in [0.15, 0.2) is 22.7 Å². The third-order valence-electron chi connectivity index (χ3n) is 2.47. The Labute approximate surface area is 105 Å². The molecule has 0 aromatic heterocycles. The molecule has 0 aliphatic carbocycles. The first-order chi connectivity index (χ1) is 7.50. The summed E-state index contributed by atoms with van der Waals surface area (Å²) in [5.74, 6) is 0.284. The Balaban J connectivity index is 2.55. The largest absolute Gasteiger partial charge is 0.508 e. The maximum Gasteiger partial charge on any atom is 0.121 e. The van der Waals surface area contributed by atoms with Crippen LogP contribution < -0.4 is 5.32 Å². The van der Waals surface area contributed by atoms with Gasteiger partial charge in [0.25, 0.3) is 0 Å². The first-order valence-electron chi connectivity index (χ1n) is 5.40. The summed E-state index contributed by atoms with van der Waals surface area (Å²) in [6.07, 6.45) is 0.417. The number of halogens is 1. The van der Waals surface area contributed by atoms with Crippen LogP contribution in [-0.2, 0) is 0 Å². The van der Waals surface area contributed by atoms with Crippen LogP contribution >= 0.6 is 15.9 Å². The first-order valence-corrected chi connectivity index (χ1v) is 6.20. The Bertz CT molecular complexity index is 342. The summed E-state index contributed by atoms with van der Waals surface area (Å²) in [5, 5.41) is 22.1. The fourth-order valence-electron chi connectivity index (χ4n) is 1.50. The highest BCUT2D eigenvalue weighted by Gasteiger charge is 2.10. The lowest BCUT2D eigenvalue weighted by atomic mass is 10.1. The van der Waals surface area contributed by atoms with Gasteiger partial charge in [0.15, 0.2) is 0 Å². The topological polar surface area (TPSA) is 52.5 Å². The number of nitrogens with one attached hydrogen (secondary N) is 1. The molecule has 1 aromatic carbocycles. The van der Waals surface area contributed by atoms with Gasteiger partial charge >= 0.3 is 0 Å². The van der Waals surface area contributed by atoms with E-state index in [9.17, 15) is 5.11 Å². The summed E-state index contributed by atoms with van der Waals surface area (Å²) in [7, 11) is 0. The average Bonchev–Trinajstić information content (AvgIpc) is 2.16. The zero-order chi connectivity index (χ0) is 12.1. The lowest BCUT2D eigenvalue weighted by Gasteiger charge is -2.16. The molecular weight excluding hydrogens is 270 g/mol. The normalized spacial score (nSPS) is 14.8. The molecule has 0 spiro atoms. The van der Waals surface area contributed by atoms with Crippen molar-refractivity contribution < 1.29 is 10.2 Å². The molecule has 0 saturated heterocycles. The van der Waals surface area contributed by atoms with Gasteiger partial charge in [-0.25, -0.2) is 0 Å². The third-order valence-corrected chi connectivity index (χ3v) is 2.96. The maximum absolute atomic E-state index is 9.75. The molecule has 0 amide bonds. The van der Waals surface area contributed by atoms with Gasteiger partial charge in [-0.1, -0.05) is 22.0 Å². The predicted molar refractivity (Wildman–Crippen MR) is 68.5 cm³/mol. The Morgan fingerprint density at radius 2 is 2.06 bits per heavy atom. The van der Waals surface area contributed by atoms with Crippen LogP contribution in [0.4, 0.5) is 0 Å². The van der Waals surface area contributed by atoms with Crippen LogP contribution in [0.1, 0.15) is 31.9 Å². The van der Waals surface area contributed by atoms with Gasteiger partial charge < -0.3 is 15.5 Å². The van der Waals surface area contributed by atoms with Crippen LogP contribution in [0.2, 0.25) is 0 Å². The van der Waals surface area contributed by atoms with Gasteiger partial charge in [-0.2, -0.15) is 0 Å². The van der Waals surface area contributed by atoms with Gasteiger partial charge in [0, 0.05) is 16.1 Å². The van der Waals surface area contributed by atoms with Crippen molar-refractivity contribution in [2.45, 2.75) is 32.4 Å². The van der Waals surface area contributed by atoms with Gasteiger partial charge in [-0.15, -0.1) is 0 Å². The van der Waals surface area contributed by atoms with Gasteiger partial charge in [-0.05, 0) is 38.9 Å². The SMILES string of the molecule is CC(O)CCNC(C)c1ccc(Br)cc1O. The van der Waals surface area contributed by atoms with E-state index in [0.717, 1.165) is 16.6 Å². The molecule has 3 nitrogen and oxygen atoms in total. The molecule has 2 unspecified atom stereocenters. The summed E-state index contributed by atoms with van der Waals surface area (Å²) in [6.45, 7) is 4.49. The van der Waals surface area contributed by atoms with Gasteiger partial charge in [0.1, 0.15) is 5.75 Å². The number of phenolic OH excluding ortho intramolecular Hbond substituents is 1. The number of aromatic hydroxyl groups is 1. The number of hydrogen-bond acceptors (Lipinski definition) is 3. The van der Waals surface area contributed by atoms with E-state index in [2.05, 4.69) is 21.2 Å². The molecule has 0 saturated carbocycles. The molecule has 0 bridgehead atoms. The van der Waals surface area contributed by atoms with Crippen molar-refractivity contribution in [3.05, 3.63) is 28.2 Å². The van der Waals surface area contributed by atoms with Crippen LogP contribution in [0, 0.1) is 0 Å². The molecule has 3 N–H and O–H groups in total. The second-order valence-electron chi connectivity index (χ2n) is 4.02.